The maximum atomic E-state index is 12.7. The molecule has 1 atom stereocenters. The molecule has 2 saturated heterocycles. The smallest absolute Gasteiger partial charge is 0.475 e. The van der Waals surface area contributed by atoms with Crippen molar-refractivity contribution in [1.82, 2.24) is 19.8 Å². The van der Waals surface area contributed by atoms with Crippen molar-refractivity contribution in [2.45, 2.75) is 70.1 Å². The molecule has 240 valence electrons. The monoisotopic (exact) mass is 618 g/mol. The van der Waals surface area contributed by atoms with E-state index in [-0.39, 0.29) is 5.91 Å². The minimum absolute atomic E-state index is 0.00272. The second kappa shape index (κ2) is 15.0. The Morgan fingerprint density at radius 2 is 1.57 bits per heavy atom. The molecule has 2 fully saturated rings. The largest absolute Gasteiger partial charge is 0.490 e. The number of aliphatic carboxylic acids is 2. The molecule has 3 aliphatic heterocycles. The molecule has 1 amide bonds. The number of halogens is 6. The van der Waals surface area contributed by atoms with Crippen LogP contribution in [-0.2, 0) is 36.0 Å². The molecule has 17 heteroatoms. The van der Waals surface area contributed by atoms with E-state index in [9.17, 15) is 31.1 Å². The van der Waals surface area contributed by atoms with Gasteiger partial charge in [-0.3, -0.25) is 4.79 Å². The van der Waals surface area contributed by atoms with E-state index in [0.29, 0.717) is 19.0 Å². The lowest BCUT2D eigenvalue weighted by molar-refractivity contribution is -0.193. The van der Waals surface area contributed by atoms with Crippen LogP contribution in [0.15, 0.2) is 12.4 Å². The van der Waals surface area contributed by atoms with E-state index in [2.05, 4.69) is 33.6 Å². The van der Waals surface area contributed by atoms with E-state index in [1.54, 1.807) is 0 Å². The van der Waals surface area contributed by atoms with Crippen molar-refractivity contribution in [2.24, 2.45) is 11.8 Å². The number of piperidine rings is 1. The van der Waals surface area contributed by atoms with Crippen molar-refractivity contribution in [3.63, 3.8) is 0 Å². The Kier molecular flexibility index (Phi) is 12.6. The third-order valence-electron chi connectivity index (χ3n) is 6.84. The van der Waals surface area contributed by atoms with Crippen LogP contribution in [0.4, 0.5) is 26.3 Å². The van der Waals surface area contributed by atoms with E-state index < -0.39 is 36.0 Å². The molecule has 11 nitrogen and oxygen atoms in total. The minimum Gasteiger partial charge on any atom is -0.475 e. The summed E-state index contributed by atoms with van der Waals surface area (Å²) in [5, 5.41) is 17.3. The summed E-state index contributed by atoms with van der Waals surface area (Å²) in [6, 6.07) is 0. The summed E-state index contributed by atoms with van der Waals surface area (Å²) in [4.78, 5) is 37.7. The summed E-state index contributed by atoms with van der Waals surface area (Å²) in [7, 11) is 0. The predicted octanol–water partition coefficient (Wildman–Crippen LogP) is 3.04. The second-order valence-corrected chi connectivity index (χ2v) is 10.6. The molecule has 42 heavy (non-hydrogen) atoms. The summed E-state index contributed by atoms with van der Waals surface area (Å²) < 4.78 is 77.6. The first-order chi connectivity index (χ1) is 19.4. The highest BCUT2D eigenvalue weighted by Gasteiger charge is 2.47. The Labute approximate surface area is 238 Å². The summed E-state index contributed by atoms with van der Waals surface area (Å²) in [5.74, 6) is -3.35. The number of carboxylic acid groups (broad SMARTS) is 2. The number of alkyl halides is 6. The zero-order chi connectivity index (χ0) is 31.7. The number of nitrogens with one attached hydrogen (secondary N) is 1. The van der Waals surface area contributed by atoms with Crippen LogP contribution in [0.1, 0.15) is 45.4 Å². The standard InChI is InChI=1S/C21H34N4O3.2C2HF3O2/c1-16(2)13-23-19(26)18-15-25-10-7-22-20(25)21(28-18)5-8-24(9-6-21)14-17-3-11-27-12-4-17;2*3-2(4,5)1(6)7/h7,10,16-18H,3-6,8-9,11-15H2,1-2H3,(H,23,26);2*(H,6,7). The number of likely N-dealkylation sites (tertiary alicyclic amines) is 1. The van der Waals surface area contributed by atoms with E-state index >= 15 is 0 Å². The highest BCUT2D eigenvalue weighted by Crippen LogP contribution is 2.40. The van der Waals surface area contributed by atoms with Crippen molar-refractivity contribution in [2.75, 3.05) is 39.4 Å². The number of nitrogens with zero attached hydrogens (tertiary/aromatic N) is 3. The molecule has 4 heterocycles. The van der Waals surface area contributed by atoms with E-state index in [4.69, 9.17) is 29.3 Å². The first kappa shape index (κ1) is 35.3. The van der Waals surface area contributed by atoms with Gasteiger partial charge in [0.1, 0.15) is 11.4 Å². The van der Waals surface area contributed by atoms with Gasteiger partial charge in [-0.25, -0.2) is 14.6 Å². The minimum atomic E-state index is -5.08. The van der Waals surface area contributed by atoms with E-state index in [0.717, 1.165) is 57.4 Å². The van der Waals surface area contributed by atoms with Gasteiger partial charge >= 0.3 is 24.3 Å². The van der Waals surface area contributed by atoms with Gasteiger partial charge in [-0.1, -0.05) is 13.8 Å². The van der Waals surface area contributed by atoms with Crippen LogP contribution in [0.25, 0.3) is 0 Å². The Morgan fingerprint density at radius 1 is 1.05 bits per heavy atom. The molecule has 0 bridgehead atoms. The quantitative estimate of drug-likeness (QED) is 0.425. The number of hydrogen-bond acceptors (Lipinski definition) is 7. The van der Waals surface area contributed by atoms with Crippen LogP contribution in [0.5, 0.6) is 0 Å². The average Bonchev–Trinajstić information content (AvgIpc) is 3.39. The predicted molar refractivity (Wildman–Crippen MR) is 133 cm³/mol. The number of amides is 1. The fourth-order valence-electron chi connectivity index (χ4n) is 4.68. The maximum Gasteiger partial charge on any atom is 0.490 e. The SMILES string of the molecule is CC(C)CNC(=O)C1Cn2ccnc2C2(CCN(CC3CCOCC3)CC2)O1.O=C(O)C(F)(F)F.O=C(O)C(F)(F)F. The number of carbonyl (C=O) groups excluding carboxylic acids is 1. The van der Waals surface area contributed by atoms with Gasteiger partial charge in [0, 0.05) is 51.8 Å². The molecule has 0 radical (unpaired) electrons. The molecule has 4 rings (SSSR count). The molecule has 3 aliphatic rings. The molecule has 1 unspecified atom stereocenters. The van der Waals surface area contributed by atoms with Crippen molar-refractivity contribution >= 4 is 17.8 Å². The van der Waals surface area contributed by atoms with E-state index in [1.165, 1.54) is 12.8 Å². The fraction of sp³-hybridized carbons (Fsp3) is 0.760. The lowest BCUT2D eigenvalue weighted by Gasteiger charge is -2.46. The van der Waals surface area contributed by atoms with Gasteiger partial charge in [0.05, 0.1) is 6.54 Å². The molecule has 1 aromatic heterocycles. The van der Waals surface area contributed by atoms with Gasteiger partial charge in [0.15, 0.2) is 6.10 Å². The number of fused-ring (bicyclic) bond motifs is 2. The van der Waals surface area contributed by atoms with Gasteiger partial charge in [-0.05, 0) is 37.5 Å². The molecular weight excluding hydrogens is 582 g/mol. The molecule has 0 aliphatic carbocycles. The van der Waals surface area contributed by atoms with Crippen LogP contribution in [-0.4, -0.2) is 100 Å². The highest BCUT2D eigenvalue weighted by molar-refractivity contribution is 5.81. The molecule has 1 spiro atoms. The zero-order valence-electron chi connectivity index (χ0n) is 23.2. The number of aromatic nitrogens is 2. The van der Waals surface area contributed by atoms with Gasteiger partial charge < -0.3 is 34.5 Å². The highest BCUT2D eigenvalue weighted by atomic mass is 19.4. The number of carbonyl (C=O) groups is 3. The Bertz CT molecular complexity index is 1010. The van der Waals surface area contributed by atoms with Gasteiger partial charge in [0.25, 0.3) is 5.91 Å². The number of rotatable bonds is 5. The lowest BCUT2D eigenvalue weighted by Crippen LogP contribution is -2.54. The van der Waals surface area contributed by atoms with Crippen LogP contribution in [0.2, 0.25) is 0 Å². The normalized spacial score (nSPS) is 20.9. The average molecular weight is 619 g/mol. The number of imidazole rings is 1. The Hall–Kier alpha value is -2.92. The topological polar surface area (TPSA) is 143 Å². The first-order valence-corrected chi connectivity index (χ1v) is 13.3. The van der Waals surface area contributed by atoms with Crippen LogP contribution < -0.4 is 5.32 Å². The van der Waals surface area contributed by atoms with Gasteiger partial charge in [0.2, 0.25) is 0 Å². The van der Waals surface area contributed by atoms with Crippen LogP contribution in [0, 0.1) is 11.8 Å². The molecular formula is C25H36F6N4O7. The van der Waals surface area contributed by atoms with Gasteiger partial charge in [-0.15, -0.1) is 0 Å². The van der Waals surface area contributed by atoms with Gasteiger partial charge in [-0.2, -0.15) is 26.3 Å². The molecule has 0 saturated carbocycles. The summed E-state index contributed by atoms with van der Waals surface area (Å²) >= 11 is 0. The lowest BCUT2D eigenvalue weighted by atomic mass is 9.87. The number of hydrogen-bond donors (Lipinski definition) is 3. The third-order valence-corrected chi connectivity index (χ3v) is 6.84. The Morgan fingerprint density at radius 3 is 2.05 bits per heavy atom. The third kappa shape index (κ3) is 10.7. The molecule has 1 aromatic rings. The Balaban J connectivity index is 0.000000367. The zero-order valence-corrected chi connectivity index (χ0v) is 23.2. The van der Waals surface area contributed by atoms with Crippen molar-refractivity contribution in [3.05, 3.63) is 18.2 Å². The summed E-state index contributed by atoms with van der Waals surface area (Å²) in [6.45, 7) is 10.4. The number of carboxylic acids is 2. The summed E-state index contributed by atoms with van der Waals surface area (Å²) in [5.41, 5.74) is -0.437. The van der Waals surface area contributed by atoms with Crippen LogP contribution >= 0.6 is 0 Å². The first-order valence-electron chi connectivity index (χ1n) is 13.3. The van der Waals surface area contributed by atoms with Crippen molar-refractivity contribution < 1.29 is 60.4 Å². The molecule has 3 N–H and O–H groups in total. The number of ether oxygens (including phenoxy) is 2. The van der Waals surface area contributed by atoms with Crippen LogP contribution in [0.3, 0.4) is 0 Å². The molecule has 0 aromatic carbocycles. The van der Waals surface area contributed by atoms with Crippen molar-refractivity contribution in [1.29, 1.82) is 0 Å². The fourth-order valence-corrected chi connectivity index (χ4v) is 4.68. The second-order valence-electron chi connectivity index (χ2n) is 10.6. The van der Waals surface area contributed by atoms with E-state index in [1.807, 2.05) is 12.4 Å². The van der Waals surface area contributed by atoms with Crippen molar-refractivity contribution in [3.8, 4) is 0 Å². The maximum absolute atomic E-state index is 12.7. The summed E-state index contributed by atoms with van der Waals surface area (Å²) in [6.07, 6.45) is -2.67.